The molecule has 2 aromatic rings. The zero-order valence-electron chi connectivity index (χ0n) is 13.7. The van der Waals surface area contributed by atoms with Gasteiger partial charge in [0.1, 0.15) is 10.8 Å². The largest absolute Gasteiger partial charge is 0.378 e. The maximum absolute atomic E-state index is 5.86. The van der Waals surface area contributed by atoms with E-state index < -0.39 is 0 Å². The molecule has 0 radical (unpaired) electrons. The van der Waals surface area contributed by atoms with E-state index in [0.717, 1.165) is 29.6 Å². The molecule has 1 aliphatic heterocycles. The molecule has 5 heteroatoms. The van der Waals surface area contributed by atoms with Crippen LogP contribution in [0, 0.1) is 5.92 Å². The lowest BCUT2D eigenvalue weighted by Gasteiger charge is -2.33. The van der Waals surface area contributed by atoms with Crippen molar-refractivity contribution in [1.29, 1.82) is 0 Å². The highest BCUT2D eigenvalue weighted by atomic mass is 32.2. The van der Waals surface area contributed by atoms with Crippen molar-refractivity contribution < 1.29 is 4.74 Å². The van der Waals surface area contributed by atoms with Gasteiger partial charge in [0.25, 0.3) is 0 Å². The van der Waals surface area contributed by atoms with Gasteiger partial charge in [0.05, 0.1) is 18.5 Å². The number of ether oxygens (including phenoxy) is 1. The van der Waals surface area contributed by atoms with Gasteiger partial charge in [-0.3, -0.25) is 4.98 Å². The van der Waals surface area contributed by atoms with Crippen LogP contribution in [0.15, 0.2) is 47.8 Å². The molecule has 0 spiro atoms. The zero-order valence-corrected chi connectivity index (χ0v) is 14.5. The minimum Gasteiger partial charge on any atom is -0.378 e. The number of hydrogen-bond donors (Lipinski definition) is 1. The number of anilines is 1. The minimum atomic E-state index is 0.444. The molecule has 1 N–H and O–H groups in total. The van der Waals surface area contributed by atoms with E-state index in [9.17, 15) is 0 Å². The Morgan fingerprint density at radius 1 is 1.12 bits per heavy atom. The van der Waals surface area contributed by atoms with Gasteiger partial charge in [0.15, 0.2) is 0 Å². The molecule has 2 fully saturated rings. The Hall–Kier alpha value is -1.59. The van der Waals surface area contributed by atoms with Crippen molar-refractivity contribution in [3.05, 3.63) is 48.3 Å². The van der Waals surface area contributed by atoms with E-state index >= 15 is 0 Å². The zero-order chi connectivity index (χ0) is 16.2. The Labute approximate surface area is 147 Å². The molecule has 0 amide bonds. The first-order valence-corrected chi connectivity index (χ1v) is 9.74. The summed E-state index contributed by atoms with van der Waals surface area (Å²) in [5.74, 6) is 2.44. The van der Waals surface area contributed by atoms with Crippen LogP contribution in [0.5, 0.6) is 0 Å². The van der Waals surface area contributed by atoms with Gasteiger partial charge in [-0.05, 0) is 31.2 Å². The first-order valence-electron chi connectivity index (χ1n) is 8.75. The Bertz CT molecular complexity index is 667. The highest BCUT2D eigenvalue weighted by Gasteiger charge is 2.37. The third-order valence-electron chi connectivity index (χ3n) is 4.96. The van der Waals surface area contributed by atoms with Crippen molar-refractivity contribution in [3.63, 3.8) is 0 Å². The molecule has 1 aromatic carbocycles. The normalized spacial score (nSPS) is 26.1. The summed E-state index contributed by atoms with van der Waals surface area (Å²) in [6.07, 6.45) is 8.94. The van der Waals surface area contributed by atoms with Gasteiger partial charge in [-0.1, -0.05) is 30.3 Å². The fourth-order valence-corrected chi connectivity index (χ4v) is 4.57. The van der Waals surface area contributed by atoms with Crippen LogP contribution in [-0.2, 0) is 10.5 Å². The summed E-state index contributed by atoms with van der Waals surface area (Å²) in [5.41, 5.74) is 1.31. The number of aromatic nitrogens is 2. The minimum absolute atomic E-state index is 0.444. The maximum Gasteiger partial charge on any atom is 0.146 e. The molecule has 24 heavy (non-hydrogen) atoms. The van der Waals surface area contributed by atoms with Crippen molar-refractivity contribution in [3.8, 4) is 0 Å². The number of rotatable bonds is 5. The summed E-state index contributed by atoms with van der Waals surface area (Å²) in [5, 5.41) is 4.60. The van der Waals surface area contributed by atoms with Crippen LogP contribution < -0.4 is 5.32 Å². The average molecular weight is 341 g/mol. The predicted molar refractivity (Wildman–Crippen MR) is 97.1 cm³/mol. The summed E-state index contributed by atoms with van der Waals surface area (Å²) < 4.78 is 5.86. The molecular formula is C19H23N3OS. The lowest BCUT2D eigenvalue weighted by atomic mass is 9.82. The van der Waals surface area contributed by atoms with Crippen LogP contribution >= 0.6 is 11.8 Å². The van der Waals surface area contributed by atoms with E-state index in [2.05, 4.69) is 34.6 Å². The molecule has 1 aromatic heterocycles. The predicted octanol–water partition coefficient (Wildman–Crippen LogP) is 4.14. The Morgan fingerprint density at radius 3 is 2.96 bits per heavy atom. The molecule has 3 atom stereocenters. The first-order chi connectivity index (χ1) is 11.9. The van der Waals surface area contributed by atoms with Crippen molar-refractivity contribution in [2.24, 2.45) is 5.92 Å². The van der Waals surface area contributed by atoms with Crippen LogP contribution in [-0.4, -0.2) is 28.7 Å². The highest BCUT2D eigenvalue weighted by molar-refractivity contribution is 7.98. The molecule has 2 aliphatic rings. The summed E-state index contributed by atoms with van der Waals surface area (Å²) in [6.45, 7) is 0.909. The topological polar surface area (TPSA) is 47.0 Å². The molecule has 126 valence electrons. The molecule has 1 saturated heterocycles. The van der Waals surface area contributed by atoms with Crippen LogP contribution in [0.25, 0.3) is 0 Å². The van der Waals surface area contributed by atoms with Crippen molar-refractivity contribution >= 4 is 17.6 Å². The number of hydrogen-bond acceptors (Lipinski definition) is 5. The van der Waals surface area contributed by atoms with Gasteiger partial charge in [-0.2, -0.15) is 0 Å². The summed E-state index contributed by atoms with van der Waals surface area (Å²) in [6, 6.07) is 10.9. The number of benzene rings is 1. The smallest absolute Gasteiger partial charge is 0.146 e. The molecular weight excluding hydrogens is 318 g/mol. The van der Waals surface area contributed by atoms with Crippen LogP contribution in [0.2, 0.25) is 0 Å². The number of fused-ring (bicyclic) bond motifs is 1. The quantitative estimate of drug-likeness (QED) is 0.828. The van der Waals surface area contributed by atoms with Crippen molar-refractivity contribution in [2.75, 3.05) is 11.9 Å². The van der Waals surface area contributed by atoms with Crippen LogP contribution in [0.4, 0.5) is 5.82 Å². The fraction of sp³-hybridized carbons (Fsp3) is 0.474. The SMILES string of the molecule is c1ccc(CSc2cncc(NC3CCCC4OCCC34)n2)cc1. The Kier molecular flexibility index (Phi) is 4.99. The van der Waals surface area contributed by atoms with E-state index in [1.165, 1.54) is 24.8 Å². The van der Waals surface area contributed by atoms with Gasteiger partial charge < -0.3 is 10.1 Å². The van der Waals surface area contributed by atoms with E-state index in [1.54, 1.807) is 11.8 Å². The van der Waals surface area contributed by atoms with Gasteiger partial charge >= 0.3 is 0 Å². The Morgan fingerprint density at radius 2 is 2.04 bits per heavy atom. The summed E-state index contributed by atoms with van der Waals surface area (Å²) in [7, 11) is 0. The van der Waals surface area contributed by atoms with E-state index in [4.69, 9.17) is 9.72 Å². The summed E-state index contributed by atoms with van der Waals surface area (Å²) >= 11 is 1.73. The average Bonchev–Trinajstić information content (AvgIpc) is 3.11. The second-order valence-corrected chi connectivity index (χ2v) is 7.56. The third kappa shape index (κ3) is 3.73. The van der Waals surface area contributed by atoms with Gasteiger partial charge in [-0.15, -0.1) is 11.8 Å². The monoisotopic (exact) mass is 341 g/mol. The second kappa shape index (κ2) is 7.53. The number of thioether (sulfide) groups is 1. The van der Waals surface area contributed by atoms with Gasteiger partial charge in [-0.25, -0.2) is 4.98 Å². The van der Waals surface area contributed by atoms with E-state index in [1.807, 2.05) is 18.5 Å². The number of nitrogens with one attached hydrogen (secondary N) is 1. The maximum atomic E-state index is 5.86. The van der Waals surface area contributed by atoms with Crippen molar-refractivity contribution in [1.82, 2.24) is 9.97 Å². The Balaban J connectivity index is 1.39. The number of nitrogens with zero attached hydrogens (tertiary/aromatic N) is 2. The summed E-state index contributed by atoms with van der Waals surface area (Å²) in [4.78, 5) is 9.12. The molecule has 1 aliphatic carbocycles. The molecule has 0 bridgehead atoms. The molecule has 4 rings (SSSR count). The lowest BCUT2D eigenvalue weighted by Crippen LogP contribution is -2.38. The van der Waals surface area contributed by atoms with Gasteiger partial charge in [0.2, 0.25) is 0 Å². The highest BCUT2D eigenvalue weighted by Crippen LogP contribution is 2.35. The van der Waals surface area contributed by atoms with E-state index in [0.29, 0.717) is 18.1 Å². The second-order valence-electron chi connectivity index (χ2n) is 6.56. The van der Waals surface area contributed by atoms with E-state index in [-0.39, 0.29) is 0 Å². The molecule has 1 saturated carbocycles. The van der Waals surface area contributed by atoms with Crippen molar-refractivity contribution in [2.45, 2.75) is 48.6 Å². The first kappa shape index (κ1) is 15.9. The molecule has 2 heterocycles. The van der Waals surface area contributed by atoms with Gasteiger partial charge in [0, 0.05) is 24.3 Å². The standard InChI is InChI=1S/C19H23N3OS/c1-2-5-14(6-3-1)13-24-19-12-20-11-18(22-19)21-16-7-4-8-17-15(16)9-10-23-17/h1-3,5-6,11-12,15-17H,4,7-10,13H2,(H,21,22). The lowest BCUT2D eigenvalue weighted by molar-refractivity contribution is 0.0619. The van der Waals surface area contributed by atoms with Crippen LogP contribution in [0.1, 0.15) is 31.2 Å². The fourth-order valence-electron chi connectivity index (χ4n) is 3.76. The third-order valence-corrected chi connectivity index (χ3v) is 5.93. The molecule has 4 nitrogen and oxygen atoms in total. The molecule has 3 unspecified atom stereocenters. The van der Waals surface area contributed by atoms with Crippen LogP contribution in [0.3, 0.4) is 0 Å².